The summed E-state index contributed by atoms with van der Waals surface area (Å²) in [6, 6.07) is 4.56. The van der Waals surface area contributed by atoms with E-state index in [-0.39, 0.29) is 11.3 Å². The fourth-order valence-electron chi connectivity index (χ4n) is 1.33. The summed E-state index contributed by atoms with van der Waals surface area (Å²) in [5.41, 5.74) is -0.241. The van der Waals surface area contributed by atoms with Crippen molar-refractivity contribution in [2.75, 3.05) is 5.32 Å². The fourth-order valence-corrected chi connectivity index (χ4v) is 1.33. The third-order valence-corrected chi connectivity index (χ3v) is 2.19. The lowest BCUT2D eigenvalue weighted by Gasteiger charge is -2.03. The molecule has 18 heavy (non-hydrogen) atoms. The minimum atomic E-state index is -1.01. The lowest BCUT2D eigenvalue weighted by atomic mass is 10.2. The van der Waals surface area contributed by atoms with Gasteiger partial charge in [0.25, 0.3) is 5.91 Å². The van der Waals surface area contributed by atoms with Crippen molar-refractivity contribution in [3.05, 3.63) is 58.3 Å². The number of hydrogen-bond acceptors (Lipinski definition) is 4. The van der Waals surface area contributed by atoms with E-state index >= 15 is 0 Å². The third-order valence-electron chi connectivity index (χ3n) is 2.19. The molecule has 0 unspecified atom stereocenters. The predicted molar refractivity (Wildman–Crippen MR) is 59.7 cm³/mol. The van der Waals surface area contributed by atoms with Gasteiger partial charge in [0.15, 0.2) is 0 Å². The molecular weight excluding hydrogens is 243 g/mol. The molecular formula is C11H7FN2O4. The Kier molecular flexibility index (Phi) is 3.05. The first-order valence-corrected chi connectivity index (χ1v) is 4.85. The molecule has 0 aliphatic rings. The van der Waals surface area contributed by atoms with Crippen LogP contribution in [0.4, 0.5) is 15.8 Å². The van der Waals surface area contributed by atoms with Crippen molar-refractivity contribution >= 4 is 17.3 Å². The second-order valence-corrected chi connectivity index (χ2v) is 3.39. The van der Waals surface area contributed by atoms with Crippen LogP contribution in [0.3, 0.4) is 0 Å². The van der Waals surface area contributed by atoms with E-state index in [2.05, 4.69) is 5.32 Å². The maximum atomic E-state index is 13.3. The minimum Gasteiger partial charge on any atom is -0.472 e. The molecule has 7 heteroatoms. The monoisotopic (exact) mass is 250 g/mol. The molecule has 0 spiro atoms. The van der Waals surface area contributed by atoms with Crippen molar-refractivity contribution in [3.8, 4) is 0 Å². The molecule has 1 aromatic carbocycles. The van der Waals surface area contributed by atoms with Crippen molar-refractivity contribution in [3.63, 3.8) is 0 Å². The molecule has 0 atom stereocenters. The lowest BCUT2D eigenvalue weighted by Crippen LogP contribution is -2.11. The number of amides is 1. The Morgan fingerprint density at radius 1 is 1.39 bits per heavy atom. The average Bonchev–Trinajstić information content (AvgIpc) is 2.81. The zero-order valence-electron chi connectivity index (χ0n) is 8.92. The maximum absolute atomic E-state index is 13.3. The van der Waals surface area contributed by atoms with Gasteiger partial charge in [0.1, 0.15) is 6.26 Å². The summed E-state index contributed by atoms with van der Waals surface area (Å²) >= 11 is 0. The number of halogens is 1. The fraction of sp³-hybridized carbons (Fsp3) is 0. The molecule has 1 aromatic heterocycles. The molecule has 0 fully saturated rings. The molecule has 0 bridgehead atoms. The number of nitrogens with zero attached hydrogens (tertiary/aromatic N) is 1. The molecule has 0 aliphatic carbocycles. The Morgan fingerprint density at radius 2 is 2.17 bits per heavy atom. The highest BCUT2D eigenvalue weighted by Crippen LogP contribution is 2.21. The van der Waals surface area contributed by atoms with E-state index in [9.17, 15) is 19.3 Å². The Bertz CT molecular complexity index is 595. The number of rotatable bonds is 3. The Balaban J connectivity index is 2.18. The Hall–Kier alpha value is -2.70. The molecule has 0 aliphatic heterocycles. The van der Waals surface area contributed by atoms with E-state index in [4.69, 9.17) is 4.42 Å². The molecule has 0 radical (unpaired) electrons. The number of nitro groups is 1. The van der Waals surface area contributed by atoms with Gasteiger partial charge in [-0.05, 0) is 12.1 Å². The smallest absolute Gasteiger partial charge is 0.304 e. The first kappa shape index (κ1) is 11.8. The van der Waals surface area contributed by atoms with Crippen LogP contribution in [0.25, 0.3) is 0 Å². The molecule has 0 saturated carbocycles. The number of carbonyl (C=O) groups is 1. The highest BCUT2D eigenvalue weighted by Gasteiger charge is 2.15. The van der Waals surface area contributed by atoms with Crippen molar-refractivity contribution in [1.29, 1.82) is 0 Å². The van der Waals surface area contributed by atoms with Crippen LogP contribution in [0.15, 0.2) is 41.2 Å². The zero-order chi connectivity index (χ0) is 13.1. The van der Waals surface area contributed by atoms with Gasteiger partial charge in [0, 0.05) is 17.8 Å². The summed E-state index contributed by atoms with van der Waals surface area (Å²) in [5, 5.41) is 12.8. The van der Waals surface area contributed by atoms with E-state index in [0.717, 1.165) is 12.1 Å². The molecule has 0 saturated heterocycles. The predicted octanol–water partition coefficient (Wildman–Crippen LogP) is 2.58. The van der Waals surface area contributed by atoms with Gasteiger partial charge in [-0.25, -0.2) is 0 Å². The first-order chi connectivity index (χ1) is 8.58. The summed E-state index contributed by atoms with van der Waals surface area (Å²) in [4.78, 5) is 21.1. The quantitative estimate of drug-likeness (QED) is 0.670. The van der Waals surface area contributed by atoms with Crippen LogP contribution >= 0.6 is 0 Å². The van der Waals surface area contributed by atoms with E-state index in [1.54, 1.807) is 0 Å². The van der Waals surface area contributed by atoms with Gasteiger partial charge in [-0.3, -0.25) is 14.9 Å². The Morgan fingerprint density at radius 3 is 2.72 bits per heavy atom. The van der Waals surface area contributed by atoms with E-state index in [0.29, 0.717) is 0 Å². The van der Waals surface area contributed by atoms with Crippen LogP contribution < -0.4 is 5.32 Å². The van der Waals surface area contributed by atoms with Crippen molar-refractivity contribution in [1.82, 2.24) is 0 Å². The highest BCUT2D eigenvalue weighted by atomic mass is 19.1. The van der Waals surface area contributed by atoms with Crippen LogP contribution in [-0.2, 0) is 0 Å². The van der Waals surface area contributed by atoms with Crippen LogP contribution in [0.1, 0.15) is 10.4 Å². The van der Waals surface area contributed by atoms with E-state index < -0.39 is 22.3 Å². The number of hydrogen-bond donors (Lipinski definition) is 1. The standard InChI is InChI=1S/C11H7FN2O4/c12-9-5-8(1-2-10(9)14(16)17)13-11(15)7-3-4-18-6-7/h1-6H,(H,13,15). The van der Waals surface area contributed by atoms with Gasteiger partial charge in [0.2, 0.25) is 5.82 Å². The van der Waals surface area contributed by atoms with Gasteiger partial charge in [-0.1, -0.05) is 0 Å². The number of nitro benzene ring substituents is 1. The van der Waals surface area contributed by atoms with Gasteiger partial charge >= 0.3 is 5.69 Å². The largest absolute Gasteiger partial charge is 0.472 e. The van der Waals surface area contributed by atoms with Gasteiger partial charge < -0.3 is 9.73 Å². The van der Waals surface area contributed by atoms with Gasteiger partial charge in [-0.15, -0.1) is 0 Å². The maximum Gasteiger partial charge on any atom is 0.304 e. The lowest BCUT2D eigenvalue weighted by molar-refractivity contribution is -0.387. The molecule has 6 nitrogen and oxygen atoms in total. The number of furan rings is 1. The summed E-state index contributed by atoms with van der Waals surface area (Å²) in [6.07, 6.45) is 2.56. The van der Waals surface area contributed by atoms with Crippen molar-refractivity contribution in [2.45, 2.75) is 0 Å². The van der Waals surface area contributed by atoms with Crippen molar-refractivity contribution < 1.29 is 18.5 Å². The number of benzene rings is 1. The van der Waals surface area contributed by atoms with Crippen LogP contribution in [-0.4, -0.2) is 10.8 Å². The van der Waals surface area contributed by atoms with Gasteiger partial charge in [-0.2, -0.15) is 4.39 Å². The second-order valence-electron chi connectivity index (χ2n) is 3.39. The zero-order valence-corrected chi connectivity index (χ0v) is 8.92. The van der Waals surface area contributed by atoms with E-state index in [1.807, 2.05) is 0 Å². The molecule has 1 heterocycles. The SMILES string of the molecule is O=C(Nc1ccc([N+](=O)[O-])c(F)c1)c1ccoc1. The third kappa shape index (κ3) is 2.34. The second kappa shape index (κ2) is 4.66. The topological polar surface area (TPSA) is 85.4 Å². The molecule has 1 N–H and O–H groups in total. The van der Waals surface area contributed by atoms with Crippen LogP contribution in [0.5, 0.6) is 0 Å². The Labute approximate surface area is 100 Å². The summed E-state index contributed by atoms with van der Waals surface area (Å²) in [5.74, 6) is -1.50. The minimum absolute atomic E-state index is 0.129. The summed E-state index contributed by atoms with van der Waals surface area (Å²) in [7, 11) is 0. The number of carbonyl (C=O) groups excluding carboxylic acids is 1. The normalized spacial score (nSPS) is 10.1. The van der Waals surface area contributed by atoms with Gasteiger partial charge in [0.05, 0.1) is 16.7 Å². The van der Waals surface area contributed by atoms with Crippen LogP contribution in [0.2, 0.25) is 0 Å². The number of anilines is 1. The van der Waals surface area contributed by atoms with Crippen molar-refractivity contribution in [2.24, 2.45) is 0 Å². The van der Waals surface area contributed by atoms with Crippen LogP contribution in [0, 0.1) is 15.9 Å². The summed E-state index contributed by atoms with van der Waals surface area (Å²) < 4.78 is 18.0. The molecule has 2 rings (SSSR count). The summed E-state index contributed by atoms with van der Waals surface area (Å²) in [6.45, 7) is 0. The van der Waals surface area contributed by atoms with E-state index in [1.165, 1.54) is 24.7 Å². The molecule has 92 valence electrons. The average molecular weight is 250 g/mol. The number of nitrogens with one attached hydrogen (secondary N) is 1. The molecule has 1 amide bonds. The molecule has 2 aromatic rings. The highest BCUT2D eigenvalue weighted by molar-refractivity contribution is 6.04. The first-order valence-electron chi connectivity index (χ1n) is 4.85.